The maximum atomic E-state index is 13.6. The van der Waals surface area contributed by atoms with Crippen LogP contribution in [0.25, 0.3) is 0 Å². The first kappa shape index (κ1) is 20.4. The van der Waals surface area contributed by atoms with Crippen molar-refractivity contribution in [1.29, 1.82) is 0 Å². The number of anilines is 1. The van der Waals surface area contributed by atoms with Gasteiger partial charge in [-0.1, -0.05) is 18.2 Å². The molecule has 2 atom stereocenters. The first-order chi connectivity index (χ1) is 14.4. The first-order valence-electron chi connectivity index (χ1n) is 10.6. The summed E-state index contributed by atoms with van der Waals surface area (Å²) < 4.78 is 13.6. The molecule has 0 aliphatic carbocycles. The minimum atomic E-state index is -0.299. The van der Waals surface area contributed by atoms with Crippen LogP contribution in [0.5, 0.6) is 0 Å². The molecule has 0 spiro atoms. The number of carbonyl (C=O) groups is 2. The predicted molar refractivity (Wildman–Crippen MR) is 115 cm³/mol. The van der Waals surface area contributed by atoms with Crippen molar-refractivity contribution >= 4 is 17.6 Å². The van der Waals surface area contributed by atoms with Gasteiger partial charge in [-0.2, -0.15) is 0 Å². The fourth-order valence-electron chi connectivity index (χ4n) is 4.56. The van der Waals surface area contributed by atoms with E-state index in [9.17, 15) is 14.0 Å². The maximum Gasteiger partial charge on any atom is 0.321 e. The Balaban J connectivity index is 1.48. The van der Waals surface area contributed by atoms with Crippen LogP contribution in [0, 0.1) is 25.6 Å². The molecule has 158 valence electrons. The van der Waals surface area contributed by atoms with Gasteiger partial charge in [0.2, 0.25) is 5.91 Å². The number of hydrogen-bond donors (Lipinski definition) is 1. The minimum Gasteiger partial charge on any atom is -0.333 e. The van der Waals surface area contributed by atoms with Gasteiger partial charge in [0.1, 0.15) is 5.82 Å². The molecule has 2 aliphatic rings. The average Bonchev–Trinajstić information content (AvgIpc) is 3.07. The van der Waals surface area contributed by atoms with Crippen LogP contribution in [0.1, 0.15) is 36.0 Å². The van der Waals surface area contributed by atoms with Gasteiger partial charge in [-0.25, -0.2) is 9.18 Å². The Labute approximate surface area is 176 Å². The van der Waals surface area contributed by atoms with E-state index in [2.05, 4.69) is 5.32 Å². The van der Waals surface area contributed by atoms with E-state index in [1.165, 1.54) is 17.7 Å². The first-order valence-corrected chi connectivity index (χ1v) is 10.6. The van der Waals surface area contributed by atoms with Crippen LogP contribution < -0.4 is 5.32 Å². The molecule has 0 aromatic heterocycles. The molecule has 0 saturated carbocycles. The van der Waals surface area contributed by atoms with Crippen LogP contribution in [0.3, 0.4) is 0 Å². The summed E-state index contributed by atoms with van der Waals surface area (Å²) in [6, 6.07) is 12.1. The van der Waals surface area contributed by atoms with Gasteiger partial charge in [-0.05, 0) is 73.6 Å². The predicted octanol–water partition coefficient (Wildman–Crippen LogP) is 4.49. The number of nitrogens with zero attached hydrogens (tertiary/aromatic N) is 2. The quantitative estimate of drug-likeness (QED) is 0.812. The second-order valence-corrected chi connectivity index (χ2v) is 8.51. The molecule has 2 saturated heterocycles. The summed E-state index contributed by atoms with van der Waals surface area (Å²) in [6.45, 7) is 5.58. The van der Waals surface area contributed by atoms with E-state index in [0.717, 1.165) is 29.7 Å². The molecule has 2 aromatic rings. The summed E-state index contributed by atoms with van der Waals surface area (Å²) in [6.07, 6.45) is 2.26. The fourth-order valence-corrected chi connectivity index (χ4v) is 4.56. The summed E-state index contributed by atoms with van der Waals surface area (Å²) in [4.78, 5) is 29.4. The second kappa shape index (κ2) is 8.46. The van der Waals surface area contributed by atoms with Gasteiger partial charge in [0.15, 0.2) is 0 Å². The number of rotatable bonds is 3. The van der Waals surface area contributed by atoms with Crippen molar-refractivity contribution in [3.05, 3.63) is 65.0 Å². The Kier molecular flexibility index (Phi) is 5.75. The normalized spacial score (nSPS) is 21.4. The summed E-state index contributed by atoms with van der Waals surface area (Å²) in [5.74, 6) is 0.0332. The molecule has 2 heterocycles. The highest BCUT2D eigenvalue weighted by molar-refractivity contribution is 5.90. The lowest BCUT2D eigenvalue weighted by molar-refractivity contribution is -0.133. The van der Waals surface area contributed by atoms with Crippen molar-refractivity contribution < 1.29 is 14.0 Å². The Morgan fingerprint density at radius 2 is 1.97 bits per heavy atom. The standard InChI is InChI=1S/C24H28FN3O2/c1-16-9-10-21(11-17(16)2)26-24(30)27-14-19-6-4-8-23(29)28(22(19)15-27)13-18-5-3-7-20(25)12-18/h3,5,7,9-12,19,22H,4,6,8,13-15H2,1-2H3,(H,26,30)/t19-,22+/m1/s1. The van der Waals surface area contributed by atoms with Gasteiger partial charge in [0.05, 0.1) is 6.04 Å². The highest BCUT2D eigenvalue weighted by Crippen LogP contribution is 2.32. The molecular formula is C24H28FN3O2. The van der Waals surface area contributed by atoms with E-state index in [4.69, 9.17) is 0 Å². The minimum absolute atomic E-state index is 0.0335. The molecule has 1 N–H and O–H groups in total. The van der Waals surface area contributed by atoms with Crippen LogP contribution in [-0.4, -0.2) is 40.9 Å². The third kappa shape index (κ3) is 4.32. The van der Waals surface area contributed by atoms with Crippen molar-refractivity contribution in [3.63, 3.8) is 0 Å². The number of nitrogens with one attached hydrogen (secondary N) is 1. The number of urea groups is 1. The number of carbonyl (C=O) groups excluding carboxylic acids is 2. The smallest absolute Gasteiger partial charge is 0.321 e. The molecule has 2 aromatic carbocycles. The van der Waals surface area contributed by atoms with Gasteiger partial charge in [-0.3, -0.25) is 4.79 Å². The van der Waals surface area contributed by atoms with Crippen LogP contribution in [0.15, 0.2) is 42.5 Å². The van der Waals surface area contributed by atoms with Crippen molar-refractivity contribution in [1.82, 2.24) is 9.80 Å². The Bertz CT molecular complexity index is 961. The summed E-state index contributed by atoms with van der Waals surface area (Å²) in [5.41, 5.74) is 3.87. The molecule has 6 heteroatoms. The Morgan fingerprint density at radius 1 is 1.13 bits per heavy atom. The summed E-state index contributed by atoms with van der Waals surface area (Å²) in [7, 11) is 0. The largest absolute Gasteiger partial charge is 0.333 e. The number of benzene rings is 2. The molecule has 0 unspecified atom stereocenters. The van der Waals surface area contributed by atoms with Crippen molar-refractivity contribution in [2.24, 2.45) is 5.92 Å². The Morgan fingerprint density at radius 3 is 2.73 bits per heavy atom. The van der Waals surface area contributed by atoms with Gasteiger partial charge < -0.3 is 15.1 Å². The monoisotopic (exact) mass is 409 g/mol. The van der Waals surface area contributed by atoms with Crippen LogP contribution in [-0.2, 0) is 11.3 Å². The topological polar surface area (TPSA) is 52.7 Å². The van der Waals surface area contributed by atoms with E-state index >= 15 is 0 Å². The third-order valence-corrected chi connectivity index (χ3v) is 6.38. The zero-order chi connectivity index (χ0) is 21.3. The van der Waals surface area contributed by atoms with E-state index in [-0.39, 0.29) is 29.7 Å². The van der Waals surface area contributed by atoms with Crippen molar-refractivity contribution in [2.45, 2.75) is 45.7 Å². The van der Waals surface area contributed by atoms with E-state index in [0.29, 0.717) is 26.1 Å². The lowest BCUT2D eigenvalue weighted by Gasteiger charge is -2.30. The summed E-state index contributed by atoms with van der Waals surface area (Å²) >= 11 is 0. The highest BCUT2D eigenvalue weighted by atomic mass is 19.1. The average molecular weight is 410 g/mol. The molecule has 2 aliphatic heterocycles. The fraction of sp³-hybridized carbons (Fsp3) is 0.417. The van der Waals surface area contributed by atoms with Gasteiger partial charge in [0.25, 0.3) is 0 Å². The van der Waals surface area contributed by atoms with Crippen LogP contribution in [0.4, 0.5) is 14.9 Å². The number of amides is 3. The zero-order valence-corrected chi connectivity index (χ0v) is 17.5. The molecule has 0 bridgehead atoms. The van der Waals surface area contributed by atoms with Gasteiger partial charge in [-0.15, -0.1) is 0 Å². The number of aryl methyl sites for hydroxylation is 2. The van der Waals surface area contributed by atoms with Crippen molar-refractivity contribution in [3.8, 4) is 0 Å². The van der Waals surface area contributed by atoms with Gasteiger partial charge >= 0.3 is 6.03 Å². The third-order valence-electron chi connectivity index (χ3n) is 6.38. The van der Waals surface area contributed by atoms with Crippen LogP contribution in [0.2, 0.25) is 0 Å². The van der Waals surface area contributed by atoms with E-state index in [1.54, 1.807) is 6.07 Å². The zero-order valence-electron chi connectivity index (χ0n) is 17.5. The van der Waals surface area contributed by atoms with Crippen molar-refractivity contribution in [2.75, 3.05) is 18.4 Å². The molecular weight excluding hydrogens is 381 g/mol. The highest BCUT2D eigenvalue weighted by Gasteiger charge is 2.41. The lowest BCUT2D eigenvalue weighted by Crippen LogP contribution is -2.43. The second-order valence-electron chi connectivity index (χ2n) is 8.51. The SMILES string of the molecule is Cc1ccc(NC(=O)N2C[C@H]3CCCC(=O)N(Cc4cccc(F)c4)[C@H]3C2)cc1C. The summed E-state index contributed by atoms with van der Waals surface area (Å²) in [5, 5.41) is 2.99. The van der Waals surface area contributed by atoms with Crippen LogP contribution >= 0.6 is 0 Å². The van der Waals surface area contributed by atoms with E-state index in [1.807, 2.05) is 47.9 Å². The lowest BCUT2D eigenvalue weighted by atomic mass is 9.98. The molecule has 5 nitrogen and oxygen atoms in total. The molecule has 30 heavy (non-hydrogen) atoms. The Hall–Kier alpha value is -2.89. The number of fused-ring (bicyclic) bond motifs is 1. The molecule has 2 fully saturated rings. The maximum absolute atomic E-state index is 13.6. The number of halogens is 1. The molecule has 3 amide bonds. The molecule has 4 rings (SSSR count). The number of hydrogen-bond acceptors (Lipinski definition) is 2. The van der Waals surface area contributed by atoms with E-state index < -0.39 is 0 Å². The van der Waals surface area contributed by atoms with Gasteiger partial charge in [0, 0.05) is 31.7 Å². The number of likely N-dealkylation sites (tertiary alicyclic amines) is 2. The molecule has 0 radical (unpaired) electrons.